The molecule has 1 aliphatic carbocycles. The van der Waals surface area contributed by atoms with Crippen LogP contribution < -0.4 is 0 Å². The van der Waals surface area contributed by atoms with Crippen molar-refractivity contribution in [3.63, 3.8) is 0 Å². The summed E-state index contributed by atoms with van der Waals surface area (Å²) in [6.07, 6.45) is 6.72. The minimum absolute atomic E-state index is 0.708. The minimum Gasteiger partial charge on any atom is -0.273 e. The van der Waals surface area contributed by atoms with Crippen LogP contribution in [0.2, 0.25) is 0 Å². The summed E-state index contributed by atoms with van der Waals surface area (Å²) in [5.74, 6) is 0. The van der Waals surface area contributed by atoms with Crippen molar-refractivity contribution in [2.75, 3.05) is 14.1 Å². The highest BCUT2D eigenvalue weighted by molar-refractivity contribution is 8.62. The second-order valence-electron chi connectivity index (χ2n) is 3.73. The van der Waals surface area contributed by atoms with Gasteiger partial charge in [-0.3, -0.25) is 4.67 Å². The Morgan fingerprint density at radius 2 is 1.75 bits per heavy atom. The van der Waals surface area contributed by atoms with Gasteiger partial charge in [-0.15, -0.1) is 12.2 Å². The van der Waals surface area contributed by atoms with Gasteiger partial charge >= 0.3 is 0 Å². The van der Waals surface area contributed by atoms with E-state index >= 15 is 0 Å². The molecule has 1 fully saturated rings. The zero-order valence-corrected chi connectivity index (χ0v) is 10.5. The van der Waals surface area contributed by atoms with Gasteiger partial charge in [-0.25, -0.2) is 0 Å². The molecule has 0 aromatic carbocycles. The van der Waals surface area contributed by atoms with Gasteiger partial charge < -0.3 is 0 Å². The van der Waals surface area contributed by atoms with Crippen LogP contribution in [-0.4, -0.2) is 24.4 Å². The molecule has 12 heavy (non-hydrogen) atoms. The molecule has 0 N–H and O–H groups in total. The van der Waals surface area contributed by atoms with Gasteiger partial charge in [0.1, 0.15) is 0 Å². The van der Waals surface area contributed by atoms with Gasteiger partial charge in [0, 0.05) is 5.66 Å². The number of hydrogen-bond acceptors (Lipinski definition) is 1. The molecular formula is C8H18NPS2. The molecule has 0 saturated heterocycles. The maximum atomic E-state index is 5.59. The molecule has 4 heteroatoms. The first-order valence-electron chi connectivity index (χ1n) is 4.55. The minimum atomic E-state index is -1.48. The van der Waals surface area contributed by atoms with E-state index in [0.717, 1.165) is 0 Å². The molecule has 0 spiro atoms. The molecule has 0 aromatic rings. The quantitative estimate of drug-likeness (QED) is 0.566. The van der Waals surface area contributed by atoms with Crippen molar-refractivity contribution in [2.24, 2.45) is 0 Å². The predicted molar refractivity (Wildman–Crippen MR) is 63.8 cm³/mol. The van der Waals surface area contributed by atoms with Crippen LogP contribution in [0.25, 0.3) is 0 Å². The average Bonchev–Trinajstić information content (AvgIpc) is 2.06. The lowest BCUT2D eigenvalue weighted by Gasteiger charge is -2.34. The fourth-order valence-corrected chi connectivity index (χ4v) is 4.76. The topological polar surface area (TPSA) is 3.24 Å². The summed E-state index contributed by atoms with van der Waals surface area (Å²) in [5, 5.41) is -1.48. The molecule has 0 aliphatic heterocycles. The van der Waals surface area contributed by atoms with Gasteiger partial charge in [0.2, 0.25) is 0 Å². The normalized spacial score (nSPS) is 25.7. The summed E-state index contributed by atoms with van der Waals surface area (Å²) in [4.78, 5) is 0. The first-order valence-corrected chi connectivity index (χ1v) is 8.53. The van der Waals surface area contributed by atoms with Gasteiger partial charge in [-0.2, -0.15) is 0 Å². The molecule has 72 valence electrons. The third-order valence-corrected chi connectivity index (χ3v) is 9.16. The lowest BCUT2D eigenvalue weighted by atomic mass is 10.0. The molecule has 1 unspecified atom stereocenters. The largest absolute Gasteiger partial charge is 0.273 e. The Morgan fingerprint density at radius 3 is 2.17 bits per heavy atom. The van der Waals surface area contributed by atoms with Crippen molar-refractivity contribution < 1.29 is 0 Å². The third-order valence-electron chi connectivity index (χ3n) is 2.62. The fourth-order valence-electron chi connectivity index (χ4n) is 1.74. The van der Waals surface area contributed by atoms with E-state index in [0.29, 0.717) is 5.66 Å². The van der Waals surface area contributed by atoms with E-state index in [1.54, 1.807) is 0 Å². The van der Waals surface area contributed by atoms with E-state index < -0.39 is 5.39 Å². The molecule has 1 saturated carbocycles. The lowest BCUT2D eigenvalue weighted by Crippen LogP contribution is -2.18. The summed E-state index contributed by atoms with van der Waals surface area (Å²) in [6.45, 7) is 0. The summed E-state index contributed by atoms with van der Waals surface area (Å²) >= 11 is 10.3. The first-order chi connectivity index (χ1) is 5.55. The first kappa shape index (κ1) is 11.0. The Morgan fingerprint density at radius 1 is 1.25 bits per heavy atom. The zero-order valence-electron chi connectivity index (χ0n) is 7.86. The molecule has 0 amide bonds. The van der Waals surface area contributed by atoms with E-state index in [1.165, 1.54) is 32.1 Å². The van der Waals surface area contributed by atoms with E-state index in [2.05, 4.69) is 31.0 Å². The highest BCUT2D eigenvalue weighted by Gasteiger charge is 2.28. The van der Waals surface area contributed by atoms with Crippen molar-refractivity contribution in [1.82, 2.24) is 4.67 Å². The second kappa shape index (κ2) is 4.45. The van der Waals surface area contributed by atoms with Crippen molar-refractivity contribution in [1.29, 1.82) is 0 Å². The monoisotopic (exact) mass is 223 g/mol. The number of hydrogen-bond donors (Lipinski definition) is 1. The Kier molecular flexibility index (Phi) is 4.10. The maximum absolute atomic E-state index is 5.59. The van der Waals surface area contributed by atoms with Crippen molar-refractivity contribution in [3.8, 4) is 0 Å². The van der Waals surface area contributed by atoms with Gasteiger partial charge in [-0.05, 0) is 26.9 Å². The summed E-state index contributed by atoms with van der Waals surface area (Å²) < 4.78 is 2.17. The van der Waals surface area contributed by atoms with Gasteiger partial charge in [-0.1, -0.05) is 31.1 Å². The van der Waals surface area contributed by atoms with Crippen molar-refractivity contribution >= 4 is 29.4 Å². The van der Waals surface area contributed by atoms with Crippen LogP contribution in [0.1, 0.15) is 32.1 Å². The molecule has 0 bridgehead atoms. The third kappa shape index (κ3) is 2.47. The molecule has 1 atom stereocenters. The van der Waals surface area contributed by atoms with Crippen molar-refractivity contribution in [2.45, 2.75) is 37.8 Å². The Labute approximate surface area is 86.1 Å². The van der Waals surface area contributed by atoms with E-state index in [9.17, 15) is 0 Å². The van der Waals surface area contributed by atoms with Crippen molar-refractivity contribution in [3.05, 3.63) is 0 Å². The van der Waals surface area contributed by atoms with Crippen LogP contribution in [-0.2, 0) is 11.8 Å². The number of nitrogens with zero attached hydrogens (tertiary/aromatic N) is 1. The standard InChI is InChI=1S/C8H18NPS2/c1-9(2)10(11,12)8-6-4-3-5-7-8/h8H,3-7H2,1-2H3,(H,11,12). The van der Waals surface area contributed by atoms with Crippen LogP contribution in [0.4, 0.5) is 0 Å². The predicted octanol–water partition coefficient (Wildman–Crippen LogP) is 3.12. The molecule has 1 aliphatic rings. The van der Waals surface area contributed by atoms with Gasteiger partial charge in [0.25, 0.3) is 0 Å². The molecule has 0 aromatic heterocycles. The van der Waals surface area contributed by atoms with Gasteiger partial charge in [0.05, 0.1) is 5.39 Å². The van der Waals surface area contributed by atoms with Crippen LogP contribution >= 0.6 is 17.6 Å². The molecule has 1 nitrogen and oxygen atoms in total. The van der Waals surface area contributed by atoms with Crippen LogP contribution in [0.5, 0.6) is 0 Å². The average molecular weight is 223 g/mol. The zero-order chi connectivity index (χ0) is 9.19. The Bertz CT molecular complexity index is 187. The SMILES string of the molecule is CN(C)P(=S)(S)C1CCCCC1. The van der Waals surface area contributed by atoms with Crippen LogP contribution in [0.15, 0.2) is 0 Å². The van der Waals surface area contributed by atoms with E-state index in [-0.39, 0.29) is 0 Å². The fraction of sp³-hybridized carbons (Fsp3) is 1.00. The Balaban J connectivity index is 2.60. The Hall–Kier alpha value is 0.960. The summed E-state index contributed by atoms with van der Waals surface area (Å²) in [5.41, 5.74) is 0.708. The second-order valence-corrected chi connectivity index (χ2v) is 10.7. The smallest absolute Gasteiger partial charge is 0.0665 e. The lowest BCUT2D eigenvalue weighted by molar-refractivity contribution is 0.500. The molecule has 0 heterocycles. The van der Waals surface area contributed by atoms with Crippen LogP contribution in [0.3, 0.4) is 0 Å². The molecule has 0 radical (unpaired) electrons. The highest BCUT2D eigenvalue weighted by atomic mass is 32.9. The molecule has 1 rings (SSSR count). The number of thiol groups is 1. The summed E-state index contributed by atoms with van der Waals surface area (Å²) in [6, 6.07) is 0. The highest BCUT2D eigenvalue weighted by Crippen LogP contribution is 2.61. The van der Waals surface area contributed by atoms with E-state index in [1.807, 2.05) is 0 Å². The summed E-state index contributed by atoms with van der Waals surface area (Å²) in [7, 11) is 4.14. The maximum Gasteiger partial charge on any atom is 0.0665 e. The van der Waals surface area contributed by atoms with Gasteiger partial charge in [0.15, 0.2) is 0 Å². The van der Waals surface area contributed by atoms with E-state index in [4.69, 9.17) is 11.8 Å². The molecular weight excluding hydrogens is 205 g/mol. The number of rotatable bonds is 2. The van der Waals surface area contributed by atoms with Crippen LogP contribution in [0, 0.1) is 0 Å².